The van der Waals surface area contributed by atoms with Crippen LogP contribution in [0.15, 0.2) is 30.6 Å². The lowest BCUT2D eigenvalue weighted by Crippen LogP contribution is -2.42. The first kappa shape index (κ1) is 13.2. The maximum Gasteiger partial charge on any atom is 0.251 e. The van der Waals surface area contributed by atoms with Crippen molar-refractivity contribution < 1.29 is 4.79 Å². The molecule has 0 bridgehead atoms. The molecule has 0 spiro atoms. The molecule has 0 fully saturated rings. The fraction of sp³-hybridized carbons (Fsp3) is 0.385. The van der Waals surface area contributed by atoms with E-state index in [2.05, 4.69) is 20.8 Å². The fourth-order valence-corrected chi connectivity index (χ4v) is 1.54. The lowest BCUT2D eigenvalue weighted by Gasteiger charge is -2.24. The Balaban J connectivity index is 2.22. The van der Waals surface area contributed by atoms with Crippen LogP contribution in [0.4, 0.5) is 0 Å². The Morgan fingerprint density at radius 3 is 2.84 bits per heavy atom. The fourth-order valence-electron chi connectivity index (χ4n) is 1.54. The normalized spacial score (nSPS) is 11.3. The number of carbonyl (C=O) groups excluding carboxylic acids is 1. The maximum atomic E-state index is 12.2. The van der Waals surface area contributed by atoms with Crippen molar-refractivity contribution in [2.24, 2.45) is 0 Å². The zero-order valence-electron chi connectivity index (χ0n) is 11.3. The highest BCUT2D eigenvalue weighted by Crippen LogP contribution is 2.12. The molecule has 0 unspecified atom stereocenters. The van der Waals surface area contributed by atoms with Gasteiger partial charge in [-0.05, 0) is 48.9 Å². The van der Waals surface area contributed by atoms with E-state index in [4.69, 9.17) is 0 Å². The van der Waals surface area contributed by atoms with Crippen LogP contribution in [0.25, 0.3) is 5.69 Å². The number of hydrogen-bond acceptors (Lipinski definition) is 4. The van der Waals surface area contributed by atoms with Crippen LogP contribution in [0, 0.1) is 0 Å². The topological polar surface area (TPSA) is 72.7 Å². The van der Waals surface area contributed by atoms with Crippen molar-refractivity contribution in [3.05, 3.63) is 36.2 Å². The minimum Gasteiger partial charge on any atom is -0.347 e. The third kappa shape index (κ3) is 3.15. The van der Waals surface area contributed by atoms with Gasteiger partial charge in [0, 0.05) is 11.1 Å². The molecule has 0 atom stereocenters. The van der Waals surface area contributed by atoms with E-state index in [1.54, 1.807) is 12.1 Å². The predicted molar refractivity (Wildman–Crippen MR) is 71.0 cm³/mol. The Labute approximate surface area is 111 Å². The average Bonchev–Trinajstić information content (AvgIpc) is 2.92. The van der Waals surface area contributed by atoms with Gasteiger partial charge in [-0.25, -0.2) is 4.68 Å². The molecule has 19 heavy (non-hydrogen) atoms. The molecule has 6 heteroatoms. The number of carbonyl (C=O) groups is 1. The first-order valence-corrected chi connectivity index (χ1v) is 6.18. The molecule has 2 aromatic rings. The molecule has 1 aromatic carbocycles. The Bertz CT molecular complexity index is 562. The van der Waals surface area contributed by atoms with Crippen LogP contribution in [0.5, 0.6) is 0 Å². The molecule has 2 rings (SSSR count). The van der Waals surface area contributed by atoms with Gasteiger partial charge in [-0.3, -0.25) is 4.79 Å². The summed E-state index contributed by atoms with van der Waals surface area (Å²) < 4.78 is 1.52. The summed E-state index contributed by atoms with van der Waals surface area (Å²) in [5.41, 5.74) is 1.13. The maximum absolute atomic E-state index is 12.2. The van der Waals surface area contributed by atoms with Crippen LogP contribution in [-0.2, 0) is 0 Å². The molecule has 6 nitrogen and oxygen atoms in total. The van der Waals surface area contributed by atoms with Gasteiger partial charge in [-0.15, -0.1) is 5.10 Å². The van der Waals surface area contributed by atoms with Gasteiger partial charge in [-0.2, -0.15) is 0 Å². The number of nitrogens with zero attached hydrogens (tertiary/aromatic N) is 4. The first-order chi connectivity index (χ1) is 9.02. The molecule has 100 valence electrons. The van der Waals surface area contributed by atoms with E-state index in [9.17, 15) is 4.79 Å². The van der Waals surface area contributed by atoms with Gasteiger partial charge < -0.3 is 5.32 Å². The van der Waals surface area contributed by atoms with Crippen LogP contribution in [0.3, 0.4) is 0 Å². The van der Waals surface area contributed by atoms with Gasteiger partial charge in [0.15, 0.2) is 0 Å². The highest BCUT2D eigenvalue weighted by molar-refractivity contribution is 5.95. The number of rotatable bonds is 4. The summed E-state index contributed by atoms with van der Waals surface area (Å²) in [7, 11) is 0. The smallest absolute Gasteiger partial charge is 0.251 e. The number of nitrogens with one attached hydrogen (secondary N) is 1. The monoisotopic (exact) mass is 259 g/mol. The van der Waals surface area contributed by atoms with Crippen molar-refractivity contribution in [2.45, 2.75) is 32.7 Å². The molecule has 0 aliphatic heterocycles. The summed E-state index contributed by atoms with van der Waals surface area (Å²) >= 11 is 0. The lowest BCUT2D eigenvalue weighted by molar-refractivity contribution is 0.0911. The zero-order valence-corrected chi connectivity index (χ0v) is 11.3. The molecule has 0 radical (unpaired) electrons. The van der Waals surface area contributed by atoms with Crippen molar-refractivity contribution in [3.8, 4) is 5.69 Å². The molecule has 1 heterocycles. The zero-order chi connectivity index (χ0) is 13.9. The van der Waals surface area contributed by atoms with E-state index >= 15 is 0 Å². The Morgan fingerprint density at radius 2 is 2.21 bits per heavy atom. The second-order valence-corrected chi connectivity index (χ2v) is 5.00. The van der Waals surface area contributed by atoms with E-state index in [1.807, 2.05) is 32.9 Å². The first-order valence-electron chi connectivity index (χ1n) is 6.18. The molecular weight excluding hydrogens is 242 g/mol. The molecule has 1 aromatic heterocycles. The van der Waals surface area contributed by atoms with Gasteiger partial charge in [0.1, 0.15) is 6.33 Å². The molecule has 0 saturated heterocycles. The van der Waals surface area contributed by atoms with Gasteiger partial charge in [0.2, 0.25) is 0 Å². The average molecular weight is 259 g/mol. The molecule has 0 aliphatic rings. The standard InChI is InChI=1S/C13H17N5O/c1-4-13(2,3)15-12(19)10-6-5-7-11(8-10)18-9-14-16-17-18/h5-9H,4H2,1-3H3,(H,15,19). The molecule has 0 saturated carbocycles. The summed E-state index contributed by atoms with van der Waals surface area (Å²) in [5.74, 6) is -0.0956. The summed E-state index contributed by atoms with van der Waals surface area (Å²) in [6.07, 6.45) is 2.36. The van der Waals surface area contributed by atoms with E-state index in [1.165, 1.54) is 11.0 Å². The van der Waals surface area contributed by atoms with Gasteiger partial charge in [0.25, 0.3) is 5.91 Å². The van der Waals surface area contributed by atoms with Gasteiger partial charge in [-0.1, -0.05) is 13.0 Å². The van der Waals surface area contributed by atoms with Gasteiger partial charge >= 0.3 is 0 Å². The van der Waals surface area contributed by atoms with Crippen LogP contribution in [0.2, 0.25) is 0 Å². The van der Waals surface area contributed by atoms with E-state index < -0.39 is 0 Å². The minimum absolute atomic E-state index is 0.0956. The summed E-state index contributed by atoms with van der Waals surface area (Å²) in [4.78, 5) is 12.2. The Morgan fingerprint density at radius 1 is 1.42 bits per heavy atom. The second-order valence-electron chi connectivity index (χ2n) is 5.00. The highest BCUT2D eigenvalue weighted by Gasteiger charge is 2.19. The van der Waals surface area contributed by atoms with Crippen LogP contribution < -0.4 is 5.32 Å². The highest BCUT2D eigenvalue weighted by atomic mass is 16.1. The number of tetrazole rings is 1. The third-order valence-corrected chi connectivity index (χ3v) is 3.06. The number of aromatic nitrogens is 4. The Hall–Kier alpha value is -2.24. The summed E-state index contributed by atoms with van der Waals surface area (Å²) in [6.45, 7) is 6.03. The SMILES string of the molecule is CCC(C)(C)NC(=O)c1cccc(-n2cnnn2)c1. The largest absolute Gasteiger partial charge is 0.347 e. The van der Waals surface area contributed by atoms with Crippen molar-refractivity contribution in [1.29, 1.82) is 0 Å². The molecule has 1 amide bonds. The van der Waals surface area contributed by atoms with E-state index in [0.717, 1.165) is 12.1 Å². The van der Waals surface area contributed by atoms with Gasteiger partial charge in [0.05, 0.1) is 5.69 Å². The van der Waals surface area contributed by atoms with E-state index in [-0.39, 0.29) is 11.4 Å². The second kappa shape index (κ2) is 5.17. The van der Waals surface area contributed by atoms with Crippen molar-refractivity contribution in [3.63, 3.8) is 0 Å². The number of hydrogen-bond donors (Lipinski definition) is 1. The van der Waals surface area contributed by atoms with Crippen LogP contribution >= 0.6 is 0 Å². The molecular formula is C13H17N5O. The van der Waals surface area contributed by atoms with Crippen LogP contribution in [-0.4, -0.2) is 31.7 Å². The predicted octanol–water partition coefficient (Wildman–Crippen LogP) is 1.58. The quantitative estimate of drug-likeness (QED) is 0.904. The number of benzene rings is 1. The Kier molecular flexibility index (Phi) is 3.59. The van der Waals surface area contributed by atoms with E-state index in [0.29, 0.717) is 5.56 Å². The van der Waals surface area contributed by atoms with Crippen LogP contribution in [0.1, 0.15) is 37.6 Å². The van der Waals surface area contributed by atoms with Crippen molar-refractivity contribution in [1.82, 2.24) is 25.5 Å². The summed E-state index contributed by atoms with van der Waals surface area (Å²) in [5, 5.41) is 14.0. The van der Waals surface area contributed by atoms with Crippen molar-refractivity contribution in [2.75, 3.05) is 0 Å². The number of amides is 1. The molecule has 0 aliphatic carbocycles. The van der Waals surface area contributed by atoms with Crippen molar-refractivity contribution >= 4 is 5.91 Å². The lowest BCUT2D eigenvalue weighted by atomic mass is 10.0. The molecule has 1 N–H and O–H groups in total. The third-order valence-electron chi connectivity index (χ3n) is 3.06. The minimum atomic E-state index is -0.220. The summed E-state index contributed by atoms with van der Waals surface area (Å²) in [6, 6.07) is 7.19.